The van der Waals surface area contributed by atoms with Crippen molar-refractivity contribution in [2.24, 2.45) is 7.05 Å². The SMILES string of the molecule is Cn1cc(NC(=O)C(=O)NC2CCCc3nc(-c4ccccc4)sc32)c(C(F)F)n1. The van der Waals surface area contributed by atoms with Crippen molar-refractivity contribution < 1.29 is 18.4 Å². The normalized spacial score (nSPS) is 15.7. The molecule has 2 amide bonds. The molecule has 2 heterocycles. The summed E-state index contributed by atoms with van der Waals surface area (Å²) in [5, 5.41) is 9.43. The first kappa shape index (κ1) is 20.1. The lowest BCUT2D eigenvalue weighted by Crippen LogP contribution is -2.38. The molecule has 0 radical (unpaired) electrons. The number of amides is 2. The van der Waals surface area contributed by atoms with Crippen LogP contribution < -0.4 is 10.6 Å². The number of aryl methyl sites for hydroxylation is 2. The molecule has 156 valence electrons. The Morgan fingerprint density at radius 2 is 2.00 bits per heavy atom. The minimum absolute atomic E-state index is 0.180. The van der Waals surface area contributed by atoms with Gasteiger partial charge in [0.2, 0.25) is 0 Å². The quantitative estimate of drug-likeness (QED) is 0.618. The van der Waals surface area contributed by atoms with Gasteiger partial charge in [-0.3, -0.25) is 14.3 Å². The molecule has 1 aromatic carbocycles. The van der Waals surface area contributed by atoms with Crippen LogP contribution in [-0.2, 0) is 23.1 Å². The Kier molecular flexibility index (Phi) is 5.58. The maximum absolute atomic E-state index is 13.0. The second kappa shape index (κ2) is 8.31. The smallest absolute Gasteiger partial charge is 0.313 e. The fourth-order valence-electron chi connectivity index (χ4n) is 3.43. The minimum Gasteiger partial charge on any atom is -0.340 e. The van der Waals surface area contributed by atoms with Crippen LogP contribution in [0.2, 0.25) is 0 Å². The van der Waals surface area contributed by atoms with E-state index < -0.39 is 23.9 Å². The maximum atomic E-state index is 13.0. The third-order valence-electron chi connectivity index (χ3n) is 4.79. The van der Waals surface area contributed by atoms with Gasteiger partial charge in [-0.25, -0.2) is 13.8 Å². The van der Waals surface area contributed by atoms with Crippen molar-refractivity contribution in [3.8, 4) is 10.6 Å². The standard InChI is InChI=1S/C20H19F2N5O2S/c1-27-10-14(15(26-27)17(21)22)24-19(29)18(28)23-12-8-5-9-13-16(12)30-20(25-13)11-6-3-2-4-7-11/h2-4,6-7,10,12,17H,5,8-9H2,1H3,(H,23,28)(H,24,29). The van der Waals surface area contributed by atoms with E-state index in [-0.39, 0.29) is 11.7 Å². The summed E-state index contributed by atoms with van der Waals surface area (Å²) in [6.45, 7) is 0. The van der Waals surface area contributed by atoms with Gasteiger partial charge in [-0.15, -0.1) is 11.3 Å². The van der Waals surface area contributed by atoms with Gasteiger partial charge in [0.05, 0.1) is 22.3 Å². The number of thiazole rings is 1. The van der Waals surface area contributed by atoms with Crippen LogP contribution in [-0.4, -0.2) is 26.6 Å². The van der Waals surface area contributed by atoms with Crippen molar-refractivity contribution in [2.75, 3.05) is 5.32 Å². The van der Waals surface area contributed by atoms with Gasteiger partial charge in [-0.2, -0.15) is 5.10 Å². The fourth-order valence-corrected chi connectivity index (χ4v) is 4.63. The van der Waals surface area contributed by atoms with Crippen LogP contribution in [0, 0.1) is 0 Å². The van der Waals surface area contributed by atoms with Gasteiger partial charge in [-0.05, 0) is 19.3 Å². The highest BCUT2D eigenvalue weighted by atomic mass is 32.1. The van der Waals surface area contributed by atoms with Gasteiger partial charge in [0.25, 0.3) is 6.43 Å². The van der Waals surface area contributed by atoms with E-state index in [1.54, 1.807) is 0 Å². The Bertz CT molecular complexity index is 1080. The lowest BCUT2D eigenvalue weighted by atomic mass is 9.98. The molecule has 0 fully saturated rings. The molecule has 4 rings (SSSR count). The molecular weight excluding hydrogens is 412 g/mol. The van der Waals surface area contributed by atoms with Gasteiger partial charge in [0.15, 0.2) is 5.69 Å². The zero-order chi connectivity index (χ0) is 21.3. The summed E-state index contributed by atoms with van der Waals surface area (Å²) in [5.74, 6) is -1.89. The first-order valence-corrected chi connectivity index (χ1v) is 10.2. The van der Waals surface area contributed by atoms with E-state index in [9.17, 15) is 18.4 Å². The average Bonchev–Trinajstić information content (AvgIpc) is 3.32. The predicted octanol–water partition coefficient (Wildman–Crippen LogP) is 3.61. The second-order valence-electron chi connectivity index (χ2n) is 6.97. The summed E-state index contributed by atoms with van der Waals surface area (Å²) in [4.78, 5) is 30.4. The highest BCUT2D eigenvalue weighted by Crippen LogP contribution is 2.37. The van der Waals surface area contributed by atoms with E-state index in [1.807, 2.05) is 30.3 Å². The first-order chi connectivity index (χ1) is 14.4. The number of anilines is 1. The molecule has 3 aromatic rings. The monoisotopic (exact) mass is 431 g/mol. The molecule has 0 saturated heterocycles. The summed E-state index contributed by atoms with van der Waals surface area (Å²) >= 11 is 1.49. The van der Waals surface area contributed by atoms with Crippen molar-refractivity contribution >= 4 is 28.8 Å². The Morgan fingerprint density at radius 3 is 2.73 bits per heavy atom. The van der Waals surface area contributed by atoms with Crippen molar-refractivity contribution in [1.82, 2.24) is 20.1 Å². The van der Waals surface area contributed by atoms with E-state index in [4.69, 9.17) is 4.98 Å². The minimum atomic E-state index is -2.86. The Balaban J connectivity index is 1.48. The fraction of sp³-hybridized carbons (Fsp3) is 0.300. The van der Waals surface area contributed by atoms with E-state index >= 15 is 0 Å². The third-order valence-corrected chi connectivity index (χ3v) is 6.06. The van der Waals surface area contributed by atoms with Crippen molar-refractivity contribution in [1.29, 1.82) is 0 Å². The average molecular weight is 431 g/mol. The van der Waals surface area contributed by atoms with Crippen LogP contribution >= 0.6 is 11.3 Å². The number of benzene rings is 1. The summed E-state index contributed by atoms with van der Waals surface area (Å²) in [6, 6.07) is 9.40. The van der Waals surface area contributed by atoms with Gasteiger partial charge in [0, 0.05) is 18.8 Å². The lowest BCUT2D eigenvalue weighted by molar-refractivity contribution is -0.136. The molecule has 30 heavy (non-hydrogen) atoms. The van der Waals surface area contributed by atoms with Crippen LogP contribution in [0.1, 0.15) is 41.6 Å². The number of halogens is 2. The molecular formula is C20H19F2N5O2S. The van der Waals surface area contributed by atoms with Crippen molar-refractivity contribution in [2.45, 2.75) is 31.7 Å². The Labute approximate surface area is 175 Å². The number of nitrogens with zero attached hydrogens (tertiary/aromatic N) is 3. The summed E-state index contributed by atoms with van der Waals surface area (Å²) in [5.41, 5.74) is 1.16. The van der Waals surface area contributed by atoms with E-state index in [2.05, 4.69) is 15.7 Å². The molecule has 7 nitrogen and oxygen atoms in total. The van der Waals surface area contributed by atoms with Crippen LogP contribution in [0.4, 0.5) is 14.5 Å². The van der Waals surface area contributed by atoms with Crippen LogP contribution in [0.3, 0.4) is 0 Å². The van der Waals surface area contributed by atoms with Gasteiger partial charge < -0.3 is 10.6 Å². The molecule has 0 spiro atoms. The molecule has 2 aromatic heterocycles. The molecule has 1 aliphatic carbocycles. The van der Waals surface area contributed by atoms with Crippen LogP contribution in [0.5, 0.6) is 0 Å². The number of carbonyl (C=O) groups is 2. The largest absolute Gasteiger partial charge is 0.340 e. The number of carbonyl (C=O) groups excluding carboxylic acids is 2. The summed E-state index contributed by atoms with van der Waals surface area (Å²) < 4.78 is 27.2. The van der Waals surface area contributed by atoms with Gasteiger partial charge in [-0.1, -0.05) is 30.3 Å². The highest BCUT2D eigenvalue weighted by Gasteiger charge is 2.29. The first-order valence-electron chi connectivity index (χ1n) is 9.41. The number of hydrogen-bond acceptors (Lipinski definition) is 5. The summed E-state index contributed by atoms with van der Waals surface area (Å²) in [7, 11) is 1.46. The molecule has 1 unspecified atom stereocenters. The van der Waals surface area contributed by atoms with E-state index in [1.165, 1.54) is 24.6 Å². The molecule has 1 aliphatic rings. The third kappa shape index (κ3) is 4.09. The molecule has 0 saturated carbocycles. The number of aromatic nitrogens is 3. The summed E-state index contributed by atoms with van der Waals surface area (Å²) in [6.07, 6.45) is 0.692. The number of alkyl halides is 2. The number of nitrogens with one attached hydrogen (secondary N) is 2. The van der Waals surface area contributed by atoms with Gasteiger partial charge in [0.1, 0.15) is 5.01 Å². The van der Waals surface area contributed by atoms with Gasteiger partial charge >= 0.3 is 11.8 Å². The van der Waals surface area contributed by atoms with Crippen LogP contribution in [0.25, 0.3) is 10.6 Å². The molecule has 2 N–H and O–H groups in total. The zero-order valence-corrected chi connectivity index (χ0v) is 16.9. The van der Waals surface area contributed by atoms with E-state index in [0.29, 0.717) is 6.42 Å². The molecule has 0 aliphatic heterocycles. The Hall–Kier alpha value is -3.14. The number of fused-ring (bicyclic) bond motifs is 1. The second-order valence-corrected chi connectivity index (χ2v) is 8.00. The van der Waals surface area contributed by atoms with Crippen molar-refractivity contribution in [3.05, 3.63) is 52.8 Å². The van der Waals surface area contributed by atoms with Crippen LogP contribution in [0.15, 0.2) is 36.5 Å². The number of rotatable bonds is 4. The maximum Gasteiger partial charge on any atom is 0.313 e. The number of hydrogen-bond donors (Lipinski definition) is 2. The van der Waals surface area contributed by atoms with Crippen molar-refractivity contribution in [3.63, 3.8) is 0 Å². The highest BCUT2D eigenvalue weighted by molar-refractivity contribution is 7.15. The lowest BCUT2D eigenvalue weighted by Gasteiger charge is -2.22. The van der Waals surface area contributed by atoms with E-state index in [0.717, 1.165) is 38.7 Å². The zero-order valence-electron chi connectivity index (χ0n) is 16.1. The topological polar surface area (TPSA) is 88.9 Å². The molecule has 0 bridgehead atoms. The molecule has 1 atom stereocenters. The predicted molar refractivity (Wildman–Crippen MR) is 108 cm³/mol. The Morgan fingerprint density at radius 1 is 1.23 bits per heavy atom. The molecule has 10 heteroatoms.